The summed E-state index contributed by atoms with van der Waals surface area (Å²) in [7, 11) is 0. The summed E-state index contributed by atoms with van der Waals surface area (Å²) < 4.78 is 10.2. The van der Waals surface area contributed by atoms with Crippen molar-refractivity contribution in [3.8, 4) is 11.4 Å². The van der Waals surface area contributed by atoms with Gasteiger partial charge in [0.2, 0.25) is 12.2 Å². The van der Waals surface area contributed by atoms with E-state index in [1.807, 2.05) is 12.1 Å². The zero-order valence-corrected chi connectivity index (χ0v) is 11.2. The first-order valence-corrected chi connectivity index (χ1v) is 6.08. The van der Waals surface area contributed by atoms with E-state index in [0.29, 0.717) is 11.9 Å². The lowest BCUT2D eigenvalue weighted by Crippen LogP contribution is -2.42. The van der Waals surface area contributed by atoms with Gasteiger partial charge in [-0.25, -0.2) is 0 Å². The fourth-order valence-corrected chi connectivity index (χ4v) is 2.17. The number of nitrogens with one attached hydrogen (secondary N) is 1. The Labute approximate surface area is 117 Å². The molecule has 5 nitrogen and oxygen atoms in total. The van der Waals surface area contributed by atoms with Gasteiger partial charge in [0.1, 0.15) is 0 Å². The topological polar surface area (TPSA) is 60.2 Å². The first kappa shape index (κ1) is 14.0. The van der Waals surface area contributed by atoms with E-state index in [2.05, 4.69) is 27.6 Å². The zero-order chi connectivity index (χ0) is 12.2. The van der Waals surface area contributed by atoms with Crippen LogP contribution in [0.5, 0.6) is 0 Å². The van der Waals surface area contributed by atoms with Crippen molar-refractivity contribution in [3.05, 3.63) is 36.2 Å². The Hall–Kier alpha value is -1.43. The van der Waals surface area contributed by atoms with Crippen LogP contribution in [0, 0.1) is 0 Å². The van der Waals surface area contributed by atoms with Crippen LogP contribution in [-0.2, 0) is 11.2 Å². The highest BCUT2D eigenvalue weighted by Crippen LogP contribution is 2.17. The Morgan fingerprint density at radius 1 is 1.37 bits per heavy atom. The molecular formula is C13H16ClN3O2. The first-order valence-electron chi connectivity index (χ1n) is 6.08. The summed E-state index contributed by atoms with van der Waals surface area (Å²) in [6.07, 6.45) is 2.30. The Kier molecular flexibility index (Phi) is 4.90. The molecule has 1 aliphatic rings. The minimum absolute atomic E-state index is 0. The molecule has 1 aromatic carbocycles. The number of hydrogen-bond acceptors (Lipinski definition) is 5. The average molecular weight is 282 g/mol. The van der Waals surface area contributed by atoms with Crippen molar-refractivity contribution in [1.82, 2.24) is 15.5 Å². The summed E-state index contributed by atoms with van der Waals surface area (Å²) in [6.45, 7) is 2.50. The van der Waals surface area contributed by atoms with Gasteiger partial charge in [-0.2, -0.15) is 4.98 Å². The summed E-state index contributed by atoms with van der Waals surface area (Å²) in [5.41, 5.74) is 2.23. The van der Waals surface area contributed by atoms with E-state index in [-0.39, 0.29) is 12.4 Å². The monoisotopic (exact) mass is 281 g/mol. The third kappa shape index (κ3) is 3.53. The maximum absolute atomic E-state index is 5.45. The number of nitrogens with zero attached hydrogens (tertiary/aromatic N) is 2. The fraction of sp³-hybridized carbons (Fsp3) is 0.385. The van der Waals surface area contributed by atoms with Crippen molar-refractivity contribution in [2.45, 2.75) is 12.5 Å². The molecule has 1 fully saturated rings. The smallest absolute Gasteiger partial charge is 0.214 e. The number of hydrogen-bond donors (Lipinski definition) is 1. The van der Waals surface area contributed by atoms with Gasteiger partial charge in [-0.05, 0) is 18.1 Å². The van der Waals surface area contributed by atoms with Crippen LogP contribution < -0.4 is 5.32 Å². The number of morpholine rings is 1. The van der Waals surface area contributed by atoms with Gasteiger partial charge in [0.25, 0.3) is 0 Å². The van der Waals surface area contributed by atoms with Crippen LogP contribution in [0.1, 0.15) is 5.56 Å². The molecule has 0 saturated carbocycles. The van der Waals surface area contributed by atoms with Gasteiger partial charge < -0.3 is 14.6 Å². The largest absolute Gasteiger partial charge is 0.379 e. The van der Waals surface area contributed by atoms with Crippen LogP contribution in [0.2, 0.25) is 0 Å². The highest BCUT2D eigenvalue weighted by molar-refractivity contribution is 5.85. The molecule has 1 saturated heterocycles. The predicted molar refractivity (Wildman–Crippen MR) is 73.3 cm³/mol. The molecule has 0 amide bonds. The number of halogens is 1. The van der Waals surface area contributed by atoms with Gasteiger partial charge in [0, 0.05) is 18.2 Å². The van der Waals surface area contributed by atoms with Gasteiger partial charge >= 0.3 is 0 Å². The summed E-state index contributed by atoms with van der Waals surface area (Å²) in [5.74, 6) is 0.629. The van der Waals surface area contributed by atoms with E-state index < -0.39 is 0 Å². The Morgan fingerprint density at radius 2 is 2.32 bits per heavy atom. The van der Waals surface area contributed by atoms with Crippen molar-refractivity contribution in [1.29, 1.82) is 0 Å². The van der Waals surface area contributed by atoms with Crippen LogP contribution in [0.4, 0.5) is 0 Å². The Morgan fingerprint density at radius 3 is 3.05 bits per heavy atom. The van der Waals surface area contributed by atoms with Crippen molar-refractivity contribution < 1.29 is 9.26 Å². The van der Waals surface area contributed by atoms with Crippen LogP contribution in [0.25, 0.3) is 11.4 Å². The summed E-state index contributed by atoms with van der Waals surface area (Å²) in [5, 5.41) is 7.30. The number of benzene rings is 1. The third-order valence-corrected chi connectivity index (χ3v) is 3.03. The molecular weight excluding hydrogens is 266 g/mol. The minimum atomic E-state index is 0. The maximum Gasteiger partial charge on any atom is 0.214 e. The normalized spacial score (nSPS) is 18.8. The minimum Gasteiger partial charge on any atom is -0.379 e. The molecule has 19 heavy (non-hydrogen) atoms. The van der Waals surface area contributed by atoms with Crippen molar-refractivity contribution in [2.75, 3.05) is 19.8 Å². The molecule has 1 aliphatic heterocycles. The Balaban J connectivity index is 0.00000133. The summed E-state index contributed by atoms with van der Waals surface area (Å²) in [6, 6.07) is 8.60. The van der Waals surface area contributed by atoms with Gasteiger partial charge in [0.15, 0.2) is 0 Å². The third-order valence-electron chi connectivity index (χ3n) is 3.03. The Bertz CT molecular complexity index is 498. The van der Waals surface area contributed by atoms with Crippen molar-refractivity contribution >= 4 is 12.4 Å². The lowest BCUT2D eigenvalue weighted by atomic mass is 10.0. The molecule has 0 spiro atoms. The second-order valence-corrected chi connectivity index (χ2v) is 4.39. The van der Waals surface area contributed by atoms with Crippen LogP contribution >= 0.6 is 12.4 Å². The molecule has 3 rings (SSSR count). The van der Waals surface area contributed by atoms with Gasteiger partial charge in [0.05, 0.1) is 13.2 Å². The van der Waals surface area contributed by atoms with Gasteiger partial charge in [-0.1, -0.05) is 23.4 Å². The van der Waals surface area contributed by atoms with Crippen LogP contribution in [-0.4, -0.2) is 35.9 Å². The standard InChI is InChI=1S/C13H15N3O2.ClH/c1-2-10(7-12-8-17-5-4-14-12)6-11(3-1)13-15-9-18-16-13;/h1-3,6,9,12,14H,4-5,7-8H2;1H/t12-;/m1./s1. The summed E-state index contributed by atoms with van der Waals surface area (Å²) >= 11 is 0. The number of aromatic nitrogens is 2. The van der Waals surface area contributed by atoms with E-state index >= 15 is 0 Å². The lowest BCUT2D eigenvalue weighted by molar-refractivity contribution is 0.0770. The molecule has 2 heterocycles. The predicted octanol–water partition coefficient (Wildman–Crippen LogP) is 1.69. The molecule has 1 aromatic heterocycles. The van der Waals surface area contributed by atoms with E-state index in [0.717, 1.165) is 31.7 Å². The van der Waals surface area contributed by atoms with E-state index in [9.17, 15) is 0 Å². The first-order chi connectivity index (χ1) is 8.92. The molecule has 1 atom stereocenters. The van der Waals surface area contributed by atoms with Crippen molar-refractivity contribution in [2.24, 2.45) is 0 Å². The second-order valence-electron chi connectivity index (χ2n) is 4.39. The highest BCUT2D eigenvalue weighted by Gasteiger charge is 2.14. The fourth-order valence-electron chi connectivity index (χ4n) is 2.17. The highest BCUT2D eigenvalue weighted by atomic mass is 35.5. The molecule has 2 aromatic rings. The molecule has 102 valence electrons. The quantitative estimate of drug-likeness (QED) is 0.928. The molecule has 0 bridgehead atoms. The van der Waals surface area contributed by atoms with Gasteiger partial charge in [-0.3, -0.25) is 0 Å². The number of ether oxygens (including phenoxy) is 1. The van der Waals surface area contributed by atoms with E-state index in [1.165, 1.54) is 12.0 Å². The molecule has 0 unspecified atom stereocenters. The van der Waals surface area contributed by atoms with E-state index in [1.54, 1.807) is 0 Å². The van der Waals surface area contributed by atoms with Gasteiger partial charge in [-0.15, -0.1) is 12.4 Å². The molecule has 0 aliphatic carbocycles. The zero-order valence-electron chi connectivity index (χ0n) is 10.4. The molecule has 0 radical (unpaired) electrons. The average Bonchev–Trinajstić information content (AvgIpc) is 2.94. The van der Waals surface area contributed by atoms with Crippen molar-refractivity contribution in [3.63, 3.8) is 0 Å². The van der Waals surface area contributed by atoms with Crippen LogP contribution in [0.15, 0.2) is 35.2 Å². The molecule has 1 N–H and O–H groups in total. The second kappa shape index (κ2) is 6.65. The summed E-state index contributed by atoms with van der Waals surface area (Å²) in [4.78, 5) is 4.06. The van der Waals surface area contributed by atoms with Crippen LogP contribution in [0.3, 0.4) is 0 Å². The number of rotatable bonds is 3. The maximum atomic E-state index is 5.45. The SMILES string of the molecule is Cl.c1cc(C[C@@H]2COCCN2)cc(-c2ncon2)c1. The van der Waals surface area contributed by atoms with E-state index in [4.69, 9.17) is 9.26 Å². The lowest BCUT2D eigenvalue weighted by Gasteiger charge is -2.23. The molecule has 6 heteroatoms.